The molecule has 1 aromatic rings. The van der Waals surface area contributed by atoms with E-state index in [4.69, 9.17) is 17.0 Å². The number of nitrogens with one attached hydrogen (secondary N) is 1. The number of anilines is 1. The Morgan fingerprint density at radius 2 is 1.83 bits per heavy atom. The van der Waals surface area contributed by atoms with E-state index in [1.54, 1.807) is 11.3 Å². The van der Waals surface area contributed by atoms with Gasteiger partial charge in [0.1, 0.15) is 5.00 Å². The van der Waals surface area contributed by atoms with E-state index in [-0.39, 0.29) is 5.97 Å². The number of ether oxygens (including phenoxy) is 1. The van der Waals surface area contributed by atoms with Crippen molar-refractivity contribution in [1.29, 1.82) is 0 Å². The number of carbonyl (C=O) groups is 1. The third-order valence-electron chi connectivity index (χ3n) is 4.67. The summed E-state index contributed by atoms with van der Waals surface area (Å²) in [5.74, 6) is -0.245. The summed E-state index contributed by atoms with van der Waals surface area (Å²) in [5, 5.41) is 4.97. The van der Waals surface area contributed by atoms with Crippen LogP contribution in [-0.2, 0) is 17.6 Å². The first-order chi connectivity index (χ1) is 11.2. The van der Waals surface area contributed by atoms with Gasteiger partial charge in [-0.15, -0.1) is 11.3 Å². The SMILES string of the molecule is COC(=O)c1c(NC(=S)N2CCCCCC2)sc2c1CCCC2. The number of hydrogen-bond acceptors (Lipinski definition) is 4. The van der Waals surface area contributed by atoms with Crippen LogP contribution in [-0.4, -0.2) is 36.2 Å². The summed E-state index contributed by atoms with van der Waals surface area (Å²) >= 11 is 7.29. The number of carbonyl (C=O) groups excluding carboxylic acids is 1. The van der Waals surface area contributed by atoms with Crippen molar-refractivity contribution in [3.8, 4) is 0 Å². The molecule has 23 heavy (non-hydrogen) atoms. The predicted molar refractivity (Wildman–Crippen MR) is 98.6 cm³/mol. The van der Waals surface area contributed by atoms with Crippen LogP contribution >= 0.6 is 23.6 Å². The summed E-state index contributed by atoms with van der Waals surface area (Å²) < 4.78 is 5.02. The maximum Gasteiger partial charge on any atom is 0.341 e. The number of methoxy groups -OCH3 is 1. The average molecular weight is 353 g/mol. The summed E-state index contributed by atoms with van der Waals surface area (Å²) in [4.78, 5) is 15.8. The van der Waals surface area contributed by atoms with Crippen LogP contribution in [0.25, 0.3) is 0 Å². The van der Waals surface area contributed by atoms with Gasteiger partial charge < -0.3 is 15.0 Å². The molecule has 126 valence electrons. The molecule has 1 saturated heterocycles. The van der Waals surface area contributed by atoms with Gasteiger partial charge in [-0.05, 0) is 56.3 Å². The van der Waals surface area contributed by atoms with Crippen LogP contribution in [0, 0.1) is 0 Å². The van der Waals surface area contributed by atoms with Crippen LogP contribution < -0.4 is 5.32 Å². The van der Waals surface area contributed by atoms with Gasteiger partial charge in [0.25, 0.3) is 0 Å². The first-order valence-corrected chi connectivity index (χ1v) is 9.72. The summed E-state index contributed by atoms with van der Waals surface area (Å²) in [6, 6.07) is 0. The zero-order chi connectivity index (χ0) is 16.2. The number of thiophene rings is 1. The van der Waals surface area contributed by atoms with Crippen LogP contribution in [0.15, 0.2) is 0 Å². The highest BCUT2D eigenvalue weighted by Gasteiger charge is 2.27. The van der Waals surface area contributed by atoms with Crippen molar-refractivity contribution >= 4 is 39.6 Å². The van der Waals surface area contributed by atoms with E-state index in [1.807, 2.05) is 0 Å². The van der Waals surface area contributed by atoms with Crippen molar-refractivity contribution in [3.05, 3.63) is 16.0 Å². The van der Waals surface area contributed by atoms with Gasteiger partial charge in [-0.2, -0.15) is 0 Å². The largest absolute Gasteiger partial charge is 0.465 e. The minimum absolute atomic E-state index is 0.245. The highest BCUT2D eigenvalue weighted by Crippen LogP contribution is 2.38. The topological polar surface area (TPSA) is 41.6 Å². The lowest BCUT2D eigenvalue weighted by Gasteiger charge is -2.23. The van der Waals surface area contributed by atoms with E-state index >= 15 is 0 Å². The van der Waals surface area contributed by atoms with Gasteiger partial charge >= 0.3 is 5.97 Å². The highest BCUT2D eigenvalue weighted by molar-refractivity contribution is 7.80. The third-order valence-corrected chi connectivity index (χ3v) is 6.24. The van der Waals surface area contributed by atoms with Crippen LogP contribution in [0.2, 0.25) is 0 Å². The van der Waals surface area contributed by atoms with Gasteiger partial charge in [0.05, 0.1) is 12.7 Å². The number of fused-ring (bicyclic) bond motifs is 1. The standard InChI is InChI=1S/C17H24N2O2S2/c1-21-16(20)14-12-8-4-5-9-13(12)23-15(14)18-17(22)19-10-6-2-3-7-11-19/h2-11H2,1H3,(H,18,22). The molecular weight excluding hydrogens is 328 g/mol. The third kappa shape index (κ3) is 3.69. The molecular formula is C17H24N2O2S2. The maximum atomic E-state index is 12.3. The van der Waals surface area contributed by atoms with E-state index in [0.29, 0.717) is 5.56 Å². The molecule has 1 N–H and O–H groups in total. The van der Waals surface area contributed by atoms with Crippen molar-refractivity contribution in [2.45, 2.75) is 51.4 Å². The lowest BCUT2D eigenvalue weighted by molar-refractivity contribution is 0.0601. The van der Waals surface area contributed by atoms with Crippen molar-refractivity contribution < 1.29 is 9.53 Å². The van der Waals surface area contributed by atoms with E-state index in [1.165, 1.54) is 49.7 Å². The molecule has 3 rings (SSSR count). The van der Waals surface area contributed by atoms with Gasteiger partial charge in [0.2, 0.25) is 0 Å². The molecule has 1 aliphatic heterocycles. The average Bonchev–Trinajstić information content (AvgIpc) is 2.74. The second-order valence-corrected chi connectivity index (χ2v) is 7.73. The van der Waals surface area contributed by atoms with E-state index in [0.717, 1.165) is 42.5 Å². The first kappa shape index (κ1) is 16.7. The Morgan fingerprint density at radius 1 is 1.13 bits per heavy atom. The van der Waals surface area contributed by atoms with E-state index in [2.05, 4.69) is 10.2 Å². The van der Waals surface area contributed by atoms with Crippen LogP contribution in [0.1, 0.15) is 59.3 Å². The quantitative estimate of drug-likeness (QED) is 0.644. The Balaban J connectivity index is 1.82. The Hall–Kier alpha value is -1.14. The number of nitrogens with zero attached hydrogens (tertiary/aromatic N) is 1. The fraction of sp³-hybridized carbons (Fsp3) is 0.647. The van der Waals surface area contributed by atoms with Gasteiger partial charge in [0, 0.05) is 18.0 Å². The second-order valence-electron chi connectivity index (χ2n) is 6.24. The van der Waals surface area contributed by atoms with Crippen molar-refractivity contribution in [2.24, 2.45) is 0 Å². The monoisotopic (exact) mass is 352 g/mol. The fourth-order valence-corrected chi connectivity index (χ4v) is 5.05. The van der Waals surface area contributed by atoms with Gasteiger partial charge in [-0.25, -0.2) is 4.79 Å². The molecule has 0 atom stereocenters. The molecule has 6 heteroatoms. The number of aryl methyl sites for hydroxylation is 1. The molecule has 0 unspecified atom stereocenters. The first-order valence-electron chi connectivity index (χ1n) is 8.49. The molecule has 0 saturated carbocycles. The normalized spacial score (nSPS) is 18.0. The van der Waals surface area contributed by atoms with Gasteiger partial charge in [0.15, 0.2) is 5.11 Å². The smallest absolute Gasteiger partial charge is 0.341 e. The molecule has 0 bridgehead atoms. The number of thiocarbonyl (C=S) groups is 1. The molecule has 1 fully saturated rings. The van der Waals surface area contributed by atoms with Crippen LogP contribution in [0.4, 0.5) is 5.00 Å². The van der Waals surface area contributed by atoms with Crippen molar-refractivity contribution in [1.82, 2.24) is 4.90 Å². The summed E-state index contributed by atoms with van der Waals surface area (Å²) in [6.07, 6.45) is 9.29. The molecule has 0 aromatic carbocycles. The summed E-state index contributed by atoms with van der Waals surface area (Å²) in [5.41, 5.74) is 1.89. The maximum absolute atomic E-state index is 12.3. The van der Waals surface area contributed by atoms with E-state index in [9.17, 15) is 4.79 Å². The Morgan fingerprint density at radius 3 is 2.52 bits per heavy atom. The number of hydrogen-bond donors (Lipinski definition) is 1. The van der Waals surface area contributed by atoms with Gasteiger partial charge in [-0.1, -0.05) is 12.8 Å². The van der Waals surface area contributed by atoms with Crippen molar-refractivity contribution in [3.63, 3.8) is 0 Å². The molecule has 2 heterocycles. The lowest BCUT2D eigenvalue weighted by Crippen LogP contribution is -2.35. The number of rotatable bonds is 2. The molecule has 0 spiro atoms. The minimum atomic E-state index is -0.245. The minimum Gasteiger partial charge on any atom is -0.465 e. The van der Waals surface area contributed by atoms with Crippen LogP contribution in [0.5, 0.6) is 0 Å². The molecule has 0 radical (unpaired) electrons. The Bertz CT molecular complexity index is 590. The Labute approximate surface area is 147 Å². The molecule has 1 aromatic heterocycles. The molecule has 2 aliphatic rings. The predicted octanol–water partition coefficient (Wildman–Crippen LogP) is 3.99. The molecule has 4 nitrogen and oxygen atoms in total. The number of esters is 1. The summed E-state index contributed by atoms with van der Waals surface area (Å²) in [7, 11) is 1.45. The lowest BCUT2D eigenvalue weighted by atomic mass is 9.95. The van der Waals surface area contributed by atoms with E-state index < -0.39 is 0 Å². The zero-order valence-electron chi connectivity index (χ0n) is 13.7. The summed E-state index contributed by atoms with van der Waals surface area (Å²) in [6.45, 7) is 2.01. The molecule has 1 aliphatic carbocycles. The zero-order valence-corrected chi connectivity index (χ0v) is 15.3. The van der Waals surface area contributed by atoms with Crippen LogP contribution in [0.3, 0.4) is 0 Å². The number of likely N-dealkylation sites (tertiary alicyclic amines) is 1. The fourth-order valence-electron chi connectivity index (χ4n) is 3.42. The molecule has 0 amide bonds. The van der Waals surface area contributed by atoms with Crippen molar-refractivity contribution in [2.75, 3.05) is 25.5 Å². The second kappa shape index (κ2) is 7.62. The highest BCUT2D eigenvalue weighted by atomic mass is 32.1. The van der Waals surface area contributed by atoms with Gasteiger partial charge in [-0.3, -0.25) is 0 Å². The Kier molecular flexibility index (Phi) is 5.54.